The maximum Gasteiger partial charge on any atom is 0.332 e. The summed E-state index contributed by atoms with van der Waals surface area (Å²) >= 11 is 0. The summed E-state index contributed by atoms with van der Waals surface area (Å²) in [7, 11) is 3.06. The van der Waals surface area contributed by atoms with Crippen LogP contribution in [0.1, 0.15) is 17.0 Å². The zero-order chi connectivity index (χ0) is 18.7. The predicted octanol–water partition coefficient (Wildman–Crippen LogP) is 1.49. The maximum absolute atomic E-state index is 13.2. The highest BCUT2D eigenvalue weighted by Gasteiger charge is 2.21. The molecule has 4 rings (SSSR count). The van der Waals surface area contributed by atoms with E-state index in [0.29, 0.717) is 23.5 Å². The minimum atomic E-state index is -0.414. The molecule has 26 heavy (non-hydrogen) atoms. The molecule has 0 saturated heterocycles. The van der Waals surface area contributed by atoms with Crippen LogP contribution in [0, 0.1) is 19.7 Å². The number of fused-ring (bicyclic) bond motifs is 3. The van der Waals surface area contributed by atoms with Gasteiger partial charge in [0, 0.05) is 25.5 Å². The van der Waals surface area contributed by atoms with E-state index < -0.39 is 5.69 Å². The number of benzene rings is 1. The van der Waals surface area contributed by atoms with Crippen LogP contribution in [0.25, 0.3) is 16.9 Å². The van der Waals surface area contributed by atoms with Crippen LogP contribution in [-0.2, 0) is 20.6 Å². The molecule has 0 N–H and O–H groups in total. The number of hydrogen-bond donors (Lipinski definition) is 0. The highest BCUT2D eigenvalue weighted by atomic mass is 19.1. The first-order chi connectivity index (χ1) is 12.3. The molecule has 7 nitrogen and oxygen atoms in total. The SMILES string of the molecule is Cc1c(C)n2c3c(=O)n(C)c(=O)n(C)c3nc2n1Cc1ccc(F)cc1. The molecule has 0 saturated carbocycles. The van der Waals surface area contributed by atoms with Crippen LogP contribution in [0.4, 0.5) is 4.39 Å². The first-order valence-corrected chi connectivity index (χ1v) is 8.19. The van der Waals surface area contributed by atoms with Gasteiger partial charge < -0.3 is 4.57 Å². The van der Waals surface area contributed by atoms with Crippen molar-refractivity contribution in [2.24, 2.45) is 14.1 Å². The summed E-state index contributed by atoms with van der Waals surface area (Å²) < 4.78 is 19.4. The van der Waals surface area contributed by atoms with Crippen LogP contribution in [0.2, 0.25) is 0 Å². The Morgan fingerprint density at radius 2 is 1.65 bits per heavy atom. The van der Waals surface area contributed by atoms with E-state index in [1.165, 1.54) is 23.7 Å². The minimum Gasteiger partial charge on any atom is -0.309 e. The van der Waals surface area contributed by atoms with Gasteiger partial charge in [-0.25, -0.2) is 9.18 Å². The van der Waals surface area contributed by atoms with Crippen LogP contribution in [-0.4, -0.2) is 23.1 Å². The zero-order valence-corrected chi connectivity index (χ0v) is 14.9. The predicted molar refractivity (Wildman–Crippen MR) is 96.1 cm³/mol. The largest absolute Gasteiger partial charge is 0.332 e. The van der Waals surface area contributed by atoms with Gasteiger partial charge in [0.2, 0.25) is 5.78 Å². The third-order valence-electron chi connectivity index (χ3n) is 5.00. The molecule has 0 aliphatic rings. The van der Waals surface area contributed by atoms with E-state index in [1.807, 2.05) is 18.4 Å². The standard InChI is InChI=1S/C18H18FN5O2/c1-10-11(2)24-14-15(21(3)18(26)22(4)16(14)25)20-17(24)23(10)9-12-5-7-13(19)8-6-12/h5-8H,9H2,1-4H3. The minimum absolute atomic E-state index is 0.288. The van der Waals surface area contributed by atoms with Crippen molar-refractivity contribution >= 4 is 16.9 Å². The molecule has 1 aromatic carbocycles. The summed E-state index contributed by atoms with van der Waals surface area (Å²) in [5.74, 6) is 0.293. The maximum atomic E-state index is 13.2. The van der Waals surface area contributed by atoms with Crippen molar-refractivity contribution in [3.63, 3.8) is 0 Å². The molecule has 0 aliphatic carbocycles. The summed E-state index contributed by atoms with van der Waals surface area (Å²) in [6.45, 7) is 4.35. The number of nitrogens with zero attached hydrogens (tertiary/aromatic N) is 5. The lowest BCUT2D eigenvalue weighted by molar-refractivity contribution is 0.626. The Bertz CT molecular complexity index is 1290. The number of halogens is 1. The highest BCUT2D eigenvalue weighted by Crippen LogP contribution is 2.21. The monoisotopic (exact) mass is 355 g/mol. The van der Waals surface area contributed by atoms with Gasteiger partial charge in [-0.2, -0.15) is 4.98 Å². The van der Waals surface area contributed by atoms with Gasteiger partial charge in [0.1, 0.15) is 5.82 Å². The van der Waals surface area contributed by atoms with E-state index >= 15 is 0 Å². The number of hydrogen-bond acceptors (Lipinski definition) is 3. The lowest BCUT2D eigenvalue weighted by Gasteiger charge is -2.07. The average Bonchev–Trinajstić information content (AvgIpc) is 3.12. The van der Waals surface area contributed by atoms with Crippen molar-refractivity contribution in [3.05, 3.63) is 67.9 Å². The molecule has 0 amide bonds. The third kappa shape index (κ3) is 2.08. The molecule has 0 unspecified atom stereocenters. The summed E-state index contributed by atoms with van der Waals surface area (Å²) in [5, 5.41) is 0. The van der Waals surface area contributed by atoms with Crippen LogP contribution in [0.15, 0.2) is 33.9 Å². The molecule has 0 radical (unpaired) electrons. The average molecular weight is 355 g/mol. The van der Waals surface area contributed by atoms with E-state index in [2.05, 4.69) is 4.98 Å². The Labute approximate surface area is 147 Å². The molecule has 134 valence electrons. The van der Waals surface area contributed by atoms with E-state index in [4.69, 9.17) is 0 Å². The Morgan fingerprint density at radius 1 is 1.00 bits per heavy atom. The molecule has 0 bridgehead atoms. The molecule has 3 aromatic heterocycles. The lowest BCUT2D eigenvalue weighted by atomic mass is 10.2. The molecule has 4 aromatic rings. The summed E-state index contributed by atoms with van der Waals surface area (Å²) in [6.07, 6.45) is 0. The fourth-order valence-corrected chi connectivity index (χ4v) is 3.35. The first kappa shape index (κ1) is 16.3. The fourth-order valence-electron chi connectivity index (χ4n) is 3.35. The van der Waals surface area contributed by atoms with Gasteiger partial charge in [0.25, 0.3) is 5.56 Å². The molecule has 8 heteroatoms. The number of aryl methyl sites for hydroxylation is 2. The second-order valence-corrected chi connectivity index (χ2v) is 6.51. The van der Waals surface area contributed by atoms with E-state index in [-0.39, 0.29) is 11.4 Å². The van der Waals surface area contributed by atoms with Crippen molar-refractivity contribution in [3.8, 4) is 0 Å². The van der Waals surface area contributed by atoms with Crippen LogP contribution in [0.5, 0.6) is 0 Å². The normalized spacial score (nSPS) is 11.7. The topological polar surface area (TPSA) is 66.2 Å². The van der Waals surface area contributed by atoms with Gasteiger partial charge in [0.15, 0.2) is 11.2 Å². The Hall–Kier alpha value is -3.16. The van der Waals surface area contributed by atoms with Crippen molar-refractivity contribution in [2.75, 3.05) is 0 Å². The van der Waals surface area contributed by atoms with Crippen molar-refractivity contribution in [1.29, 1.82) is 0 Å². The highest BCUT2D eigenvalue weighted by molar-refractivity contribution is 5.76. The lowest BCUT2D eigenvalue weighted by Crippen LogP contribution is -2.37. The van der Waals surface area contributed by atoms with Gasteiger partial charge in [-0.15, -0.1) is 0 Å². The second-order valence-electron chi connectivity index (χ2n) is 6.51. The molecular weight excluding hydrogens is 337 g/mol. The number of aromatic nitrogens is 5. The van der Waals surface area contributed by atoms with Gasteiger partial charge in [-0.05, 0) is 31.5 Å². The summed E-state index contributed by atoms with van der Waals surface area (Å²) in [4.78, 5) is 29.5. The third-order valence-corrected chi connectivity index (χ3v) is 5.00. The molecular formula is C18H18FN5O2. The molecule has 0 aliphatic heterocycles. The van der Waals surface area contributed by atoms with Crippen LogP contribution < -0.4 is 11.2 Å². The Morgan fingerprint density at radius 3 is 2.31 bits per heavy atom. The van der Waals surface area contributed by atoms with Gasteiger partial charge in [-0.3, -0.25) is 18.3 Å². The van der Waals surface area contributed by atoms with Crippen LogP contribution in [0.3, 0.4) is 0 Å². The smallest absolute Gasteiger partial charge is 0.309 e. The van der Waals surface area contributed by atoms with Gasteiger partial charge >= 0.3 is 5.69 Å². The quantitative estimate of drug-likeness (QED) is 0.547. The first-order valence-electron chi connectivity index (χ1n) is 8.19. The summed E-state index contributed by atoms with van der Waals surface area (Å²) in [6, 6.07) is 6.27. The summed E-state index contributed by atoms with van der Waals surface area (Å²) in [5.41, 5.74) is 2.68. The second kappa shape index (κ2) is 5.42. The molecule has 3 heterocycles. The number of imidazole rings is 2. The molecule has 0 atom stereocenters. The van der Waals surface area contributed by atoms with E-state index in [1.54, 1.807) is 23.6 Å². The zero-order valence-electron chi connectivity index (χ0n) is 14.9. The number of rotatable bonds is 2. The van der Waals surface area contributed by atoms with E-state index in [9.17, 15) is 14.0 Å². The molecule has 0 spiro atoms. The van der Waals surface area contributed by atoms with Crippen molar-refractivity contribution in [1.82, 2.24) is 23.1 Å². The molecule has 0 fully saturated rings. The fraction of sp³-hybridized carbons (Fsp3) is 0.278. The Kier molecular flexibility index (Phi) is 3.40. The van der Waals surface area contributed by atoms with Gasteiger partial charge in [0.05, 0.1) is 6.54 Å². The Balaban J connectivity index is 2.06. The van der Waals surface area contributed by atoms with Crippen LogP contribution >= 0.6 is 0 Å². The van der Waals surface area contributed by atoms with Crippen molar-refractivity contribution in [2.45, 2.75) is 20.4 Å². The van der Waals surface area contributed by atoms with Crippen molar-refractivity contribution < 1.29 is 4.39 Å². The van der Waals surface area contributed by atoms with Gasteiger partial charge in [-0.1, -0.05) is 12.1 Å². The van der Waals surface area contributed by atoms with E-state index in [0.717, 1.165) is 21.5 Å².